The van der Waals surface area contributed by atoms with E-state index in [9.17, 15) is 26.7 Å². The first kappa shape index (κ1) is 17.2. The summed E-state index contributed by atoms with van der Waals surface area (Å²) < 4.78 is 63.2. The fourth-order valence-electron chi connectivity index (χ4n) is 1.20. The molecule has 0 fully saturated rings. The monoisotopic (exact) mass is 332 g/mol. The number of pyridine rings is 1. The molecular weight excluding hydrogens is 321 g/mol. The van der Waals surface area contributed by atoms with Crippen LogP contribution in [0.4, 0.5) is 13.2 Å². The van der Waals surface area contributed by atoms with Crippen LogP contribution in [-0.2, 0) is 16.2 Å². The number of sulfonamides is 1. The molecule has 0 unspecified atom stereocenters. The van der Waals surface area contributed by atoms with Crippen molar-refractivity contribution in [3.8, 4) is 0 Å². The predicted molar refractivity (Wildman–Crippen MR) is 65.7 cm³/mol. The van der Waals surface area contributed by atoms with Gasteiger partial charge in [0.05, 0.1) is 11.7 Å². The van der Waals surface area contributed by atoms with E-state index in [0.29, 0.717) is 12.3 Å². The third kappa shape index (κ3) is 4.30. The molecule has 1 aromatic heterocycles. The van der Waals surface area contributed by atoms with Gasteiger partial charge in [-0.2, -0.15) is 13.2 Å². The zero-order chi connectivity index (χ0) is 15.6. The number of aromatic nitrogens is 1. The van der Waals surface area contributed by atoms with Gasteiger partial charge < -0.3 is 5.11 Å². The molecule has 0 amide bonds. The molecule has 1 heterocycles. The lowest BCUT2D eigenvalue weighted by Gasteiger charge is -2.12. The van der Waals surface area contributed by atoms with Gasteiger partial charge in [-0.1, -0.05) is 18.5 Å². The Morgan fingerprint density at radius 2 is 2.10 bits per heavy atom. The van der Waals surface area contributed by atoms with E-state index in [-0.39, 0.29) is 13.0 Å². The lowest BCUT2D eigenvalue weighted by molar-refractivity contribution is -0.138. The molecule has 0 saturated carbocycles. The van der Waals surface area contributed by atoms with Gasteiger partial charge in [0.1, 0.15) is 10.0 Å². The smallest absolute Gasteiger partial charge is 0.392 e. The summed E-state index contributed by atoms with van der Waals surface area (Å²) >= 11 is 5.52. The molecule has 1 atom stereocenters. The van der Waals surface area contributed by atoms with Crippen LogP contribution in [0.25, 0.3) is 0 Å². The lowest BCUT2D eigenvalue weighted by atomic mass is 10.3. The van der Waals surface area contributed by atoms with E-state index in [2.05, 4.69) is 4.98 Å². The quantitative estimate of drug-likeness (QED) is 0.806. The number of aliphatic hydroxyl groups is 1. The van der Waals surface area contributed by atoms with Crippen molar-refractivity contribution >= 4 is 21.6 Å². The second kappa shape index (κ2) is 6.25. The van der Waals surface area contributed by atoms with Gasteiger partial charge in [0.15, 0.2) is 0 Å². The number of alkyl halides is 3. The third-order valence-corrected chi connectivity index (χ3v) is 4.25. The number of rotatable bonds is 5. The highest BCUT2D eigenvalue weighted by atomic mass is 35.5. The van der Waals surface area contributed by atoms with E-state index in [0.717, 1.165) is 0 Å². The Bertz CT molecular complexity index is 578. The molecule has 114 valence electrons. The summed E-state index contributed by atoms with van der Waals surface area (Å²) in [6.45, 7) is 1.29. The van der Waals surface area contributed by atoms with Gasteiger partial charge in [0.2, 0.25) is 10.0 Å². The van der Waals surface area contributed by atoms with Crippen molar-refractivity contribution in [2.75, 3.05) is 6.54 Å². The van der Waals surface area contributed by atoms with Gasteiger partial charge in [-0.05, 0) is 12.5 Å². The minimum atomic E-state index is -4.73. The van der Waals surface area contributed by atoms with Crippen LogP contribution in [0, 0.1) is 0 Å². The lowest BCUT2D eigenvalue weighted by Crippen LogP contribution is -2.32. The molecule has 0 spiro atoms. The second-order valence-electron chi connectivity index (χ2n) is 3.92. The maximum atomic E-state index is 12.5. The fourth-order valence-corrected chi connectivity index (χ4v) is 2.73. The molecular formula is C10H12ClF3N2O3S. The molecule has 0 radical (unpaired) electrons. The van der Waals surface area contributed by atoms with Gasteiger partial charge >= 0.3 is 6.18 Å². The summed E-state index contributed by atoms with van der Waals surface area (Å²) in [5, 5.41) is 8.69. The van der Waals surface area contributed by atoms with Crippen molar-refractivity contribution in [1.29, 1.82) is 0 Å². The highest BCUT2D eigenvalue weighted by molar-refractivity contribution is 7.89. The van der Waals surface area contributed by atoms with Crippen molar-refractivity contribution in [1.82, 2.24) is 9.71 Å². The molecule has 2 N–H and O–H groups in total. The molecule has 1 rings (SSSR count). The first-order valence-corrected chi connectivity index (χ1v) is 7.34. The average molecular weight is 333 g/mol. The minimum Gasteiger partial charge on any atom is -0.392 e. The maximum Gasteiger partial charge on any atom is 0.417 e. The molecule has 0 aromatic carbocycles. The third-order valence-electron chi connectivity index (χ3n) is 2.40. The zero-order valence-corrected chi connectivity index (χ0v) is 11.8. The Kier molecular flexibility index (Phi) is 5.36. The average Bonchev–Trinajstić information content (AvgIpc) is 2.34. The van der Waals surface area contributed by atoms with Crippen LogP contribution in [-0.4, -0.2) is 31.2 Å². The molecule has 0 saturated heterocycles. The van der Waals surface area contributed by atoms with Crippen LogP contribution in [0.1, 0.15) is 18.9 Å². The number of hydrogen-bond donors (Lipinski definition) is 2. The van der Waals surface area contributed by atoms with Crippen molar-refractivity contribution in [3.05, 3.63) is 23.0 Å². The summed E-state index contributed by atoms with van der Waals surface area (Å²) in [5.41, 5.74) is -1.22. The zero-order valence-electron chi connectivity index (χ0n) is 10.3. The molecule has 10 heteroatoms. The van der Waals surface area contributed by atoms with Crippen molar-refractivity contribution < 1.29 is 26.7 Å². The molecule has 20 heavy (non-hydrogen) atoms. The second-order valence-corrected chi connectivity index (χ2v) is 6.02. The number of halogens is 4. The first-order chi connectivity index (χ1) is 9.08. The van der Waals surface area contributed by atoms with E-state index in [4.69, 9.17) is 11.6 Å². The van der Waals surface area contributed by atoms with Crippen LogP contribution >= 0.6 is 11.6 Å². The molecule has 5 nitrogen and oxygen atoms in total. The summed E-state index contributed by atoms with van der Waals surface area (Å²) in [6.07, 6.45) is -4.94. The van der Waals surface area contributed by atoms with Crippen LogP contribution in [0.2, 0.25) is 5.15 Å². The van der Waals surface area contributed by atoms with Gasteiger partial charge in [-0.3, -0.25) is 0 Å². The summed E-state index contributed by atoms with van der Waals surface area (Å²) in [7, 11) is -4.28. The Balaban J connectivity index is 3.11. The maximum absolute atomic E-state index is 12.5. The highest BCUT2D eigenvalue weighted by Gasteiger charge is 2.33. The molecule has 0 bridgehead atoms. The van der Waals surface area contributed by atoms with E-state index in [1.54, 1.807) is 6.92 Å². The van der Waals surface area contributed by atoms with Crippen molar-refractivity contribution in [3.63, 3.8) is 0 Å². The largest absolute Gasteiger partial charge is 0.417 e. The van der Waals surface area contributed by atoms with Crippen LogP contribution in [0.15, 0.2) is 17.2 Å². The highest BCUT2D eigenvalue weighted by Crippen LogP contribution is 2.31. The van der Waals surface area contributed by atoms with E-state index < -0.39 is 37.9 Å². The van der Waals surface area contributed by atoms with Gasteiger partial charge in [-0.25, -0.2) is 18.1 Å². The fraction of sp³-hybridized carbons (Fsp3) is 0.500. The van der Waals surface area contributed by atoms with E-state index in [1.165, 1.54) is 0 Å². The summed E-state index contributed by atoms with van der Waals surface area (Å²) in [6, 6.07) is 0.399. The normalized spacial score (nSPS) is 14.3. The SMILES string of the molecule is CC[C@@H](O)CNS(=O)(=O)c1cc(C(F)(F)F)cnc1Cl. The molecule has 0 aliphatic carbocycles. The number of aliphatic hydroxyl groups excluding tert-OH is 1. The minimum absolute atomic E-state index is 0.289. The first-order valence-electron chi connectivity index (χ1n) is 5.48. The van der Waals surface area contributed by atoms with E-state index in [1.807, 2.05) is 4.72 Å². The van der Waals surface area contributed by atoms with Gasteiger partial charge in [-0.15, -0.1) is 0 Å². The molecule has 0 aliphatic heterocycles. The number of nitrogens with zero attached hydrogens (tertiary/aromatic N) is 1. The predicted octanol–water partition coefficient (Wildman–Crippen LogP) is 1.80. The van der Waals surface area contributed by atoms with Gasteiger partial charge in [0, 0.05) is 12.7 Å². The Morgan fingerprint density at radius 1 is 1.50 bits per heavy atom. The standard InChI is InChI=1S/C10H12ClF3N2O3S/c1-2-7(17)5-16-20(18,19)8-3-6(10(12,13)14)4-15-9(8)11/h3-4,7,16-17H,2,5H2,1H3/t7-/m1/s1. The van der Waals surface area contributed by atoms with Gasteiger partial charge in [0.25, 0.3) is 0 Å². The van der Waals surface area contributed by atoms with Crippen LogP contribution in [0.3, 0.4) is 0 Å². The van der Waals surface area contributed by atoms with E-state index >= 15 is 0 Å². The Morgan fingerprint density at radius 3 is 2.60 bits per heavy atom. The van der Waals surface area contributed by atoms with Crippen molar-refractivity contribution in [2.45, 2.75) is 30.5 Å². The topological polar surface area (TPSA) is 79.3 Å². The molecule has 1 aromatic rings. The summed E-state index contributed by atoms with van der Waals surface area (Å²) in [4.78, 5) is 2.44. The van der Waals surface area contributed by atoms with Crippen molar-refractivity contribution in [2.24, 2.45) is 0 Å². The van der Waals surface area contributed by atoms with Crippen LogP contribution < -0.4 is 4.72 Å². The Hall–Kier alpha value is -0.900. The number of nitrogens with one attached hydrogen (secondary N) is 1. The van der Waals surface area contributed by atoms with Crippen LogP contribution in [0.5, 0.6) is 0 Å². The summed E-state index contributed by atoms with van der Waals surface area (Å²) in [5.74, 6) is 0. The Labute approximate surface area is 118 Å². The number of hydrogen-bond acceptors (Lipinski definition) is 4. The molecule has 0 aliphatic rings.